The van der Waals surface area contributed by atoms with Crippen LogP contribution in [-0.4, -0.2) is 0 Å². The number of benzene rings is 5. The number of rotatable bonds is 2. The number of nitriles is 2. The normalized spacial score (nSPS) is 12.0. The van der Waals surface area contributed by atoms with Crippen LogP contribution in [0.4, 0.5) is 14.5 Å². The van der Waals surface area contributed by atoms with Gasteiger partial charge >= 0.3 is 0 Å². The van der Waals surface area contributed by atoms with E-state index < -0.39 is 11.6 Å². The van der Waals surface area contributed by atoms with Crippen LogP contribution in [-0.2, 0) is 0 Å². The smallest absolute Gasteiger partial charge is 0.222 e. The third kappa shape index (κ3) is 3.88. The molecule has 0 fully saturated rings. The maximum atomic E-state index is 14.0. The van der Waals surface area contributed by atoms with Gasteiger partial charge in [-0.15, -0.1) is 4.95 Å². The molecule has 0 atom stereocenters. The van der Waals surface area contributed by atoms with E-state index in [9.17, 15) is 19.3 Å². The summed E-state index contributed by atoms with van der Waals surface area (Å²) in [6.45, 7) is 14.8. The topological polar surface area (TPSA) is 81.0 Å². The van der Waals surface area contributed by atoms with Crippen molar-refractivity contribution in [2.75, 3.05) is 0 Å². The van der Waals surface area contributed by atoms with Crippen LogP contribution in [0.2, 0.25) is 0 Å². The van der Waals surface area contributed by atoms with E-state index in [0.717, 1.165) is 54.2 Å². The summed E-state index contributed by atoms with van der Waals surface area (Å²) in [6.07, 6.45) is 1.92. The molecule has 7 rings (SSSR count). The van der Waals surface area contributed by atoms with Crippen LogP contribution in [0.3, 0.4) is 0 Å². The van der Waals surface area contributed by atoms with Gasteiger partial charge in [0.25, 0.3) is 0 Å². The summed E-state index contributed by atoms with van der Waals surface area (Å²) in [6, 6.07) is 25.8. The first-order valence-electron chi connectivity index (χ1n) is 13.2. The van der Waals surface area contributed by atoms with E-state index in [4.69, 9.17) is 13.1 Å². The predicted molar refractivity (Wildman–Crippen MR) is 164 cm³/mol. The number of halogens is 2. The maximum Gasteiger partial charge on any atom is 0.222 e. The first kappa shape index (κ1) is 26.2. The van der Waals surface area contributed by atoms with Gasteiger partial charge in [0.2, 0.25) is 11.9 Å². The molecule has 0 aliphatic heterocycles. The molecule has 0 unspecified atom stereocenters. The van der Waals surface area contributed by atoms with Crippen molar-refractivity contribution in [2.45, 2.75) is 0 Å². The van der Waals surface area contributed by atoms with Crippen molar-refractivity contribution in [3.05, 3.63) is 136 Å². The Labute approximate surface area is 248 Å². The summed E-state index contributed by atoms with van der Waals surface area (Å²) in [5.41, 5.74) is 2.67. The summed E-state index contributed by atoms with van der Waals surface area (Å²) in [5, 5.41) is 30.3. The van der Waals surface area contributed by atoms with Gasteiger partial charge in [-0.05, 0) is 92.3 Å². The van der Waals surface area contributed by atoms with Crippen LogP contribution < -0.4 is 10.7 Å². The third-order valence-corrected chi connectivity index (χ3v) is 7.93. The van der Waals surface area contributed by atoms with Gasteiger partial charge in [-0.3, -0.25) is 0 Å². The van der Waals surface area contributed by atoms with Crippen molar-refractivity contribution >= 4 is 48.8 Å². The van der Waals surface area contributed by atoms with Crippen LogP contribution in [0, 0.1) is 47.6 Å². The molecule has 44 heavy (non-hydrogen) atoms. The quantitative estimate of drug-likeness (QED) is 0.119. The van der Waals surface area contributed by atoms with Gasteiger partial charge in [0.15, 0.2) is 5.36 Å². The standard InChI is InChI=1S/C36H14F2N6/c1-41-34-14-22(6-10-33(34)38)21-4-8-25-27-15-30-26(16-31(27)36(44-42-2)29(25)13-21)24-7-3-20(12-28(24)35(30)43-18-40)19-5-9-32(37)23(11-19)17-39/h3-16H/b43-35+,44-36+. The van der Waals surface area contributed by atoms with Gasteiger partial charge in [0, 0.05) is 21.5 Å². The second-order valence-electron chi connectivity index (χ2n) is 10.2. The molecule has 0 saturated heterocycles. The Balaban J connectivity index is 1.52. The Kier molecular flexibility index (Phi) is 5.93. The fraction of sp³-hybridized carbons (Fsp3) is 0. The highest BCUT2D eigenvalue weighted by Crippen LogP contribution is 2.36. The number of hydrogen-bond donors (Lipinski definition) is 0. The lowest BCUT2D eigenvalue weighted by Gasteiger charge is -2.04. The highest BCUT2D eigenvalue weighted by Gasteiger charge is 2.18. The van der Waals surface area contributed by atoms with E-state index in [-0.39, 0.29) is 11.3 Å². The minimum Gasteiger partial charge on any atom is -0.235 e. The van der Waals surface area contributed by atoms with Gasteiger partial charge in [-0.25, -0.2) is 13.6 Å². The second-order valence-corrected chi connectivity index (χ2v) is 10.2. The molecule has 7 aromatic rings. The number of nitrogens with zero attached hydrogens (tertiary/aromatic N) is 6. The lowest BCUT2D eigenvalue weighted by atomic mass is 10.0. The van der Waals surface area contributed by atoms with Crippen molar-refractivity contribution in [3.8, 4) is 34.5 Å². The van der Waals surface area contributed by atoms with Crippen LogP contribution in [0.15, 0.2) is 95.0 Å². The summed E-state index contributed by atoms with van der Waals surface area (Å²) in [4.78, 5) is 10.8. The highest BCUT2D eigenvalue weighted by molar-refractivity contribution is 6.21. The molecule has 0 radical (unpaired) electrons. The molecule has 0 amide bonds. The van der Waals surface area contributed by atoms with E-state index in [1.54, 1.807) is 12.1 Å². The maximum absolute atomic E-state index is 14.0. The Bertz CT molecular complexity index is 2500. The zero-order chi connectivity index (χ0) is 30.5. The van der Waals surface area contributed by atoms with Crippen molar-refractivity contribution in [2.24, 2.45) is 10.1 Å². The van der Waals surface area contributed by atoms with Gasteiger partial charge in [0.1, 0.15) is 17.7 Å². The van der Waals surface area contributed by atoms with E-state index >= 15 is 0 Å². The molecule has 202 valence electrons. The molecule has 0 aromatic heterocycles. The van der Waals surface area contributed by atoms with Crippen LogP contribution in [0.25, 0.3) is 75.1 Å². The Morgan fingerprint density at radius 2 is 1.09 bits per heavy atom. The Hall–Kier alpha value is -6.74. The highest BCUT2D eigenvalue weighted by atomic mass is 19.1. The fourth-order valence-corrected chi connectivity index (χ4v) is 5.93. The molecule has 8 heteroatoms. The average Bonchev–Trinajstić information content (AvgIpc) is 3.51. The van der Waals surface area contributed by atoms with Crippen molar-refractivity contribution in [1.29, 1.82) is 10.5 Å². The zero-order valence-corrected chi connectivity index (χ0v) is 22.5. The summed E-state index contributed by atoms with van der Waals surface area (Å²) in [5.74, 6) is -1.19. The number of hydrogen-bond acceptors (Lipinski definition) is 4. The first-order valence-corrected chi connectivity index (χ1v) is 13.2. The molecule has 0 spiro atoms. The minimum absolute atomic E-state index is 0.0617. The van der Waals surface area contributed by atoms with Crippen LogP contribution >= 0.6 is 0 Å². The van der Waals surface area contributed by atoms with Crippen molar-refractivity contribution in [3.63, 3.8) is 0 Å². The third-order valence-electron chi connectivity index (χ3n) is 7.93. The Morgan fingerprint density at radius 3 is 1.68 bits per heavy atom. The molecule has 0 aliphatic carbocycles. The molecule has 0 aliphatic rings. The van der Waals surface area contributed by atoms with Gasteiger partial charge in [-0.2, -0.15) is 22.1 Å². The molecule has 0 heterocycles. The van der Waals surface area contributed by atoms with Gasteiger partial charge in [-0.1, -0.05) is 36.4 Å². The van der Waals surface area contributed by atoms with Crippen molar-refractivity contribution in [1.82, 2.24) is 0 Å². The average molecular weight is 569 g/mol. The zero-order valence-electron chi connectivity index (χ0n) is 22.5. The molecular formula is C36H14F2N6. The predicted octanol–water partition coefficient (Wildman–Crippen LogP) is 8.33. The SMILES string of the molecule is [C-]#[N+]/N=c1\c2cc(-c3ccc(F)c([N+]#[C-])c3)ccc2c2cc3/c(=N/C#N)c4cc(-c5ccc(F)c(C#N)c5)ccc4c3cc12. The van der Waals surface area contributed by atoms with E-state index in [2.05, 4.69) is 19.9 Å². The second kappa shape index (κ2) is 9.97. The van der Waals surface area contributed by atoms with E-state index in [1.807, 2.05) is 60.8 Å². The largest absolute Gasteiger partial charge is 0.235 e. The van der Waals surface area contributed by atoms with E-state index in [1.165, 1.54) is 24.3 Å². The molecule has 0 N–H and O–H groups in total. The summed E-state index contributed by atoms with van der Waals surface area (Å²) >= 11 is 0. The van der Waals surface area contributed by atoms with Crippen LogP contribution in [0.1, 0.15) is 5.56 Å². The Morgan fingerprint density at radius 1 is 0.568 bits per heavy atom. The minimum atomic E-state index is -0.596. The number of fused-ring (bicyclic) bond motifs is 6. The van der Waals surface area contributed by atoms with E-state index in [0.29, 0.717) is 21.8 Å². The molecule has 6 nitrogen and oxygen atoms in total. The lowest BCUT2D eigenvalue weighted by molar-refractivity contribution is 0.624. The molecular weight excluding hydrogens is 554 g/mol. The monoisotopic (exact) mass is 568 g/mol. The lowest BCUT2D eigenvalue weighted by Crippen LogP contribution is -1.99. The summed E-state index contributed by atoms with van der Waals surface area (Å²) < 4.78 is 28.0. The van der Waals surface area contributed by atoms with Crippen LogP contribution in [0.5, 0.6) is 0 Å². The molecule has 0 saturated carbocycles. The summed E-state index contributed by atoms with van der Waals surface area (Å²) in [7, 11) is 0. The fourth-order valence-electron chi connectivity index (χ4n) is 5.93. The molecule has 7 aromatic carbocycles. The van der Waals surface area contributed by atoms with Gasteiger partial charge < -0.3 is 0 Å². The molecule has 0 bridgehead atoms. The first-order chi connectivity index (χ1) is 21.4. The van der Waals surface area contributed by atoms with Crippen molar-refractivity contribution < 1.29 is 8.78 Å². The van der Waals surface area contributed by atoms with Gasteiger partial charge in [0.05, 0.1) is 22.6 Å².